The highest BCUT2D eigenvalue weighted by molar-refractivity contribution is 5.01. The van der Waals surface area contributed by atoms with Crippen molar-refractivity contribution in [2.75, 3.05) is 13.2 Å². The van der Waals surface area contributed by atoms with Crippen LogP contribution in [0.2, 0.25) is 0 Å². The van der Waals surface area contributed by atoms with Crippen molar-refractivity contribution < 1.29 is 4.74 Å². The maximum absolute atomic E-state index is 5.41. The van der Waals surface area contributed by atoms with Gasteiger partial charge in [-0.3, -0.25) is 0 Å². The molecule has 1 aliphatic heterocycles. The molecule has 1 aromatic heterocycles. The zero-order valence-electron chi connectivity index (χ0n) is 10.4. The van der Waals surface area contributed by atoms with Crippen molar-refractivity contribution in [3.63, 3.8) is 0 Å². The molecular weight excluding hydrogens is 202 g/mol. The molecule has 1 aromatic rings. The average molecular weight is 223 g/mol. The van der Waals surface area contributed by atoms with E-state index in [0.717, 1.165) is 26.2 Å². The predicted molar refractivity (Wildman–Crippen MR) is 63.3 cm³/mol. The van der Waals surface area contributed by atoms with E-state index in [1.165, 1.54) is 5.69 Å². The van der Waals surface area contributed by atoms with E-state index in [1.54, 1.807) is 0 Å². The van der Waals surface area contributed by atoms with E-state index in [-0.39, 0.29) is 5.54 Å². The van der Waals surface area contributed by atoms with Crippen LogP contribution in [0.15, 0.2) is 12.5 Å². The lowest BCUT2D eigenvalue weighted by atomic mass is 10.1. The third-order valence-corrected chi connectivity index (χ3v) is 2.85. The summed E-state index contributed by atoms with van der Waals surface area (Å²) in [7, 11) is 0. The van der Waals surface area contributed by atoms with Crippen LogP contribution >= 0.6 is 0 Å². The van der Waals surface area contributed by atoms with Crippen molar-refractivity contribution in [1.82, 2.24) is 14.9 Å². The van der Waals surface area contributed by atoms with E-state index in [0.29, 0.717) is 6.04 Å². The summed E-state index contributed by atoms with van der Waals surface area (Å²) in [5.74, 6) is 0. The van der Waals surface area contributed by atoms with Crippen LogP contribution in [0.5, 0.6) is 0 Å². The molecule has 0 spiro atoms. The molecule has 4 heteroatoms. The summed E-state index contributed by atoms with van der Waals surface area (Å²) in [6.07, 6.45) is 4.95. The number of aromatic nitrogens is 2. The summed E-state index contributed by atoms with van der Waals surface area (Å²) < 4.78 is 7.65. The Morgan fingerprint density at radius 1 is 1.56 bits per heavy atom. The van der Waals surface area contributed by atoms with Gasteiger partial charge in [0.25, 0.3) is 0 Å². The molecule has 90 valence electrons. The van der Waals surface area contributed by atoms with E-state index in [4.69, 9.17) is 4.74 Å². The van der Waals surface area contributed by atoms with E-state index < -0.39 is 0 Å². The number of rotatable bonds is 3. The lowest BCUT2D eigenvalue weighted by Gasteiger charge is -2.22. The van der Waals surface area contributed by atoms with Gasteiger partial charge in [-0.15, -0.1) is 0 Å². The SMILES string of the molecule is CC(C)(C)NCc1cncn1C1CCOC1. The molecule has 1 N–H and O–H groups in total. The molecule has 0 amide bonds. The van der Waals surface area contributed by atoms with Gasteiger partial charge in [0.1, 0.15) is 0 Å². The van der Waals surface area contributed by atoms with Crippen LogP contribution < -0.4 is 5.32 Å². The normalized spacial score (nSPS) is 21.6. The van der Waals surface area contributed by atoms with Gasteiger partial charge in [-0.1, -0.05) is 0 Å². The largest absolute Gasteiger partial charge is 0.379 e. The summed E-state index contributed by atoms with van der Waals surface area (Å²) in [5.41, 5.74) is 1.38. The van der Waals surface area contributed by atoms with Crippen LogP contribution in [-0.2, 0) is 11.3 Å². The first-order valence-corrected chi connectivity index (χ1v) is 5.90. The Balaban J connectivity index is 2.01. The van der Waals surface area contributed by atoms with E-state index in [9.17, 15) is 0 Å². The molecule has 0 bridgehead atoms. The standard InChI is InChI=1S/C12H21N3O/c1-12(2,3)14-7-11-6-13-9-15(11)10-4-5-16-8-10/h6,9-10,14H,4-5,7-8H2,1-3H3. The van der Waals surface area contributed by atoms with Crippen molar-refractivity contribution in [2.24, 2.45) is 0 Å². The van der Waals surface area contributed by atoms with Crippen LogP contribution in [0.25, 0.3) is 0 Å². The molecule has 1 aliphatic rings. The second kappa shape index (κ2) is 4.55. The van der Waals surface area contributed by atoms with Crippen molar-refractivity contribution in [2.45, 2.75) is 45.3 Å². The highest BCUT2D eigenvalue weighted by Gasteiger charge is 2.20. The monoisotopic (exact) mass is 223 g/mol. The average Bonchev–Trinajstić information content (AvgIpc) is 2.84. The maximum atomic E-state index is 5.41. The number of ether oxygens (including phenoxy) is 1. The lowest BCUT2D eigenvalue weighted by molar-refractivity contribution is 0.186. The number of hydrogen-bond acceptors (Lipinski definition) is 3. The second-order valence-corrected chi connectivity index (χ2v) is 5.41. The van der Waals surface area contributed by atoms with E-state index in [2.05, 4.69) is 35.6 Å². The highest BCUT2D eigenvalue weighted by Crippen LogP contribution is 2.20. The van der Waals surface area contributed by atoms with Gasteiger partial charge in [0.2, 0.25) is 0 Å². The topological polar surface area (TPSA) is 39.1 Å². The fourth-order valence-corrected chi connectivity index (χ4v) is 1.89. The molecule has 4 nitrogen and oxygen atoms in total. The molecule has 16 heavy (non-hydrogen) atoms. The van der Waals surface area contributed by atoms with Gasteiger partial charge in [0.05, 0.1) is 24.7 Å². The quantitative estimate of drug-likeness (QED) is 0.848. The highest BCUT2D eigenvalue weighted by atomic mass is 16.5. The van der Waals surface area contributed by atoms with Gasteiger partial charge < -0.3 is 14.6 Å². The minimum Gasteiger partial charge on any atom is -0.379 e. The maximum Gasteiger partial charge on any atom is 0.0952 e. The number of nitrogens with zero attached hydrogens (tertiary/aromatic N) is 2. The summed E-state index contributed by atoms with van der Waals surface area (Å²) in [6.45, 7) is 9.07. The number of nitrogens with one attached hydrogen (secondary N) is 1. The van der Waals surface area contributed by atoms with Crippen molar-refractivity contribution in [3.8, 4) is 0 Å². The fraction of sp³-hybridized carbons (Fsp3) is 0.750. The molecule has 2 heterocycles. The molecule has 0 saturated carbocycles. The number of hydrogen-bond donors (Lipinski definition) is 1. The Morgan fingerprint density at radius 3 is 3.00 bits per heavy atom. The van der Waals surface area contributed by atoms with Gasteiger partial charge in [-0.05, 0) is 27.2 Å². The fourth-order valence-electron chi connectivity index (χ4n) is 1.89. The molecule has 0 aliphatic carbocycles. The molecular formula is C12H21N3O. The molecule has 0 radical (unpaired) electrons. The summed E-state index contributed by atoms with van der Waals surface area (Å²) >= 11 is 0. The smallest absolute Gasteiger partial charge is 0.0952 e. The van der Waals surface area contributed by atoms with Crippen LogP contribution in [0.4, 0.5) is 0 Å². The van der Waals surface area contributed by atoms with Gasteiger partial charge in [0.15, 0.2) is 0 Å². The zero-order chi connectivity index (χ0) is 11.6. The third-order valence-electron chi connectivity index (χ3n) is 2.85. The molecule has 1 saturated heterocycles. The Bertz CT molecular complexity index is 334. The van der Waals surface area contributed by atoms with Gasteiger partial charge in [-0.25, -0.2) is 4.98 Å². The Kier molecular flexibility index (Phi) is 3.30. The predicted octanol–water partition coefficient (Wildman–Crippen LogP) is 1.73. The second-order valence-electron chi connectivity index (χ2n) is 5.41. The van der Waals surface area contributed by atoms with E-state index in [1.807, 2.05) is 12.5 Å². The Hall–Kier alpha value is -0.870. The summed E-state index contributed by atoms with van der Waals surface area (Å²) in [5, 5.41) is 3.49. The minimum absolute atomic E-state index is 0.140. The summed E-state index contributed by atoms with van der Waals surface area (Å²) in [6, 6.07) is 0.472. The minimum atomic E-state index is 0.140. The molecule has 2 rings (SSSR count). The molecule has 1 atom stereocenters. The van der Waals surface area contributed by atoms with Crippen molar-refractivity contribution in [1.29, 1.82) is 0 Å². The van der Waals surface area contributed by atoms with Crippen LogP contribution in [0.3, 0.4) is 0 Å². The zero-order valence-corrected chi connectivity index (χ0v) is 10.4. The van der Waals surface area contributed by atoms with Gasteiger partial charge in [-0.2, -0.15) is 0 Å². The molecule has 0 aromatic carbocycles. The van der Waals surface area contributed by atoms with Crippen LogP contribution in [-0.4, -0.2) is 28.3 Å². The first-order chi connectivity index (χ1) is 7.56. The first kappa shape index (κ1) is 11.6. The Morgan fingerprint density at radius 2 is 2.38 bits per heavy atom. The van der Waals surface area contributed by atoms with Gasteiger partial charge in [0, 0.05) is 24.9 Å². The van der Waals surface area contributed by atoms with Crippen molar-refractivity contribution in [3.05, 3.63) is 18.2 Å². The third kappa shape index (κ3) is 2.83. The number of imidazole rings is 1. The van der Waals surface area contributed by atoms with Gasteiger partial charge >= 0.3 is 0 Å². The summed E-state index contributed by atoms with van der Waals surface area (Å²) in [4.78, 5) is 4.23. The Labute approximate surface area is 97.0 Å². The van der Waals surface area contributed by atoms with Crippen LogP contribution in [0.1, 0.15) is 38.9 Å². The van der Waals surface area contributed by atoms with Crippen molar-refractivity contribution >= 4 is 0 Å². The molecule has 1 fully saturated rings. The van der Waals surface area contributed by atoms with E-state index >= 15 is 0 Å². The van der Waals surface area contributed by atoms with Crippen LogP contribution in [0, 0.1) is 0 Å². The lowest BCUT2D eigenvalue weighted by Crippen LogP contribution is -2.35. The molecule has 1 unspecified atom stereocenters. The first-order valence-electron chi connectivity index (χ1n) is 5.90.